The third kappa shape index (κ3) is 3.04. The van der Waals surface area contributed by atoms with Crippen molar-refractivity contribution >= 4 is 20.7 Å². The molecule has 0 aliphatic carbocycles. The second-order valence-corrected chi connectivity index (χ2v) is 7.16. The Balaban J connectivity index is 2.12. The highest BCUT2D eigenvalue weighted by molar-refractivity contribution is 8.56. The minimum absolute atomic E-state index is 0.0180. The van der Waals surface area contributed by atoms with Gasteiger partial charge in [-0.05, 0) is 35.9 Å². The summed E-state index contributed by atoms with van der Waals surface area (Å²) in [6, 6.07) is 6.65. The first-order valence-electron chi connectivity index (χ1n) is 5.72. The topological polar surface area (TPSA) is 84.9 Å². The van der Waals surface area contributed by atoms with E-state index in [0.717, 1.165) is 0 Å². The van der Waals surface area contributed by atoms with E-state index < -0.39 is 16.3 Å². The quantitative estimate of drug-likeness (QED) is 0.817. The highest BCUT2D eigenvalue weighted by Crippen LogP contribution is 2.48. The molecular formula is C13H16N2O3S. The van der Waals surface area contributed by atoms with Gasteiger partial charge < -0.3 is 15.6 Å². The van der Waals surface area contributed by atoms with Crippen LogP contribution >= 0.6 is 10.0 Å². The SMILES string of the molecule is CS1(C(=O)c2ccc(OC(O)CN)cc2)C=CN=C1. The average Bonchev–Trinajstić information content (AvgIpc) is 2.87. The molecule has 0 aromatic heterocycles. The highest BCUT2D eigenvalue weighted by atomic mass is 32.3. The molecule has 19 heavy (non-hydrogen) atoms. The first kappa shape index (κ1) is 13.8. The Kier molecular flexibility index (Phi) is 4.04. The van der Waals surface area contributed by atoms with Crippen LogP contribution in [0.3, 0.4) is 0 Å². The minimum atomic E-state index is -1.60. The number of carbonyl (C=O) groups is 1. The number of aliphatic hydroxyl groups is 1. The molecule has 2 unspecified atom stereocenters. The Bertz CT molecular complexity index is 513. The first-order chi connectivity index (χ1) is 9.05. The fraction of sp³-hybridized carbons (Fsp3) is 0.231. The summed E-state index contributed by atoms with van der Waals surface area (Å²) < 4.78 is 5.13. The first-order valence-corrected chi connectivity index (χ1v) is 7.89. The predicted octanol–water partition coefficient (Wildman–Crippen LogP) is 1.43. The summed E-state index contributed by atoms with van der Waals surface area (Å²) in [7, 11) is -1.60. The number of hydrogen-bond acceptors (Lipinski definition) is 5. The molecule has 0 bridgehead atoms. The number of ether oxygens (including phenoxy) is 1. The molecule has 0 saturated carbocycles. The van der Waals surface area contributed by atoms with E-state index in [1.165, 1.54) is 0 Å². The summed E-state index contributed by atoms with van der Waals surface area (Å²) in [4.78, 5) is 16.3. The molecule has 1 aliphatic heterocycles. The van der Waals surface area contributed by atoms with Crippen LogP contribution in [0.15, 0.2) is 40.9 Å². The molecule has 0 amide bonds. The Morgan fingerprint density at radius 1 is 1.47 bits per heavy atom. The van der Waals surface area contributed by atoms with E-state index in [0.29, 0.717) is 11.3 Å². The van der Waals surface area contributed by atoms with Gasteiger partial charge in [-0.15, -0.1) is 10.0 Å². The van der Waals surface area contributed by atoms with Gasteiger partial charge in [0.05, 0.1) is 12.1 Å². The molecule has 1 aliphatic rings. The fourth-order valence-corrected chi connectivity index (χ4v) is 3.18. The number of aliphatic imine (C=N–C) groups is 1. The zero-order valence-electron chi connectivity index (χ0n) is 10.5. The largest absolute Gasteiger partial charge is 0.464 e. The molecule has 1 aromatic rings. The van der Waals surface area contributed by atoms with Crippen molar-refractivity contribution in [1.29, 1.82) is 0 Å². The van der Waals surface area contributed by atoms with E-state index in [4.69, 9.17) is 10.5 Å². The minimum Gasteiger partial charge on any atom is -0.464 e. The van der Waals surface area contributed by atoms with Gasteiger partial charge in [0.15, 0.2) is 0 Å². The lowest BCUT2D eigenvalue weighted by Crippen LogP contribution is -2.25. The Labute approximate surface area is 113 Å². The molecule has 6 heteroatoms. The van der Waals surface area contributed by atoms with Crippen molar-refractivity contribution in [1.82, 2.24) is 0 Å². The van der Waals surface area contributed by atoms with Crippen molar-refractivity contribution in [2.24, 2.45) is 10.7 Å². The van der Waals surface area contributed by atoms with Crippen LogP contribution in [0.2, 0.25) is 0 Å². The summed E-state index contributed by atoms with van der Waals surface area (Å²) in [5.41, 5.74) is 7.56. The molecule has 1 heterocycles. The second kappa shape index (κ2) is 5.56. The van der Waals surface area contributed by atoms with Crippen molar-refractivity contribution in [2.45, 2.75) is 6.29 Å². The Morgan fingerprint density at radius 3 is 2.68 bits per heavy atom. The van der Waals surface area contributed by atoms with Gasteiger partial charge in [0.1, 0.15) is 5.75 Å². The van der Waals surface area contributed by atoms with Gasteiger partial charge in [-0.1, -0.05) is 0 Å². The lowest BCUT2D eigenvalue weighted by Gasteiger charge is -2.22. The molecule has 3 N–H and O–H groups in total. The Morgan fingerprint density at radius 2 is 2.16 bits per heavy atom. The predicted molar refractivity (Wildman–Crippen MR) is 77.6 cm³/mol. The van der Waals surface area contributed by atoms with E-state index in [1.54, 1.807) is 36.0 Å². The molecule has 0 fully saturated rings. The summed E-state index contributed by atoms with van der Waals surface area (Å²) in [5, 5.41) is 11.2. The van der Waals surface area contributed by atoms with E-state index >= 15 is 0 Å². The van der Waals surface area contributed by atoms with Crippen LogP contribution in [0.1, 0.15) is 10.4 Å². The number of nitrogens with zero attached hydrogens (tertiary/aromatic N) is 1. The molecule has 1 aromatic carbocycles. The molecule has 2 atom stereocenters. The number of carbonyl (C=O) groups excluding carboxylic acids is 1. The molecule has 0 spiro atoms. The fourth-order valence-electron chi connectivity index (χ4n) is 1.60. The smallest absolute Gasteiger partial charge is 0.210 e. The molecule has 2 rings (SSSR count). The molecule has 0 saturated heterocycles. The van der Waals surface area contributed by atoms with Crippen LogP contribution in [0, 0.1) is 0 Å². The van der Waals surface area contributed by atoms with Crippen molar-refractivity contribution in [3.63, 3.8) is 0 Å². The van der Waals surface area contributed by atoms with Crippen LogP contribution < -0.4 is 10.5 Å². The van der Waals surface area contributed by atoms with Gasteiger partial charge >= 0.3 is 0 Å². The van der Waals surface area contributed by atoms with Gasteiger partial charge in [0, 0.05) is 11.8 Å². The van der Waals surface area contributed by atoms with Crippen molar-refractivity contribution in [2.75, 3.05) is 12.8 Å². The van der Waals surface area contributed by atoms with E-state index in [2.05, 4.69) is 4.99 Å². The van der Waals surface area contributed by atoms with Crippen LogP contribution in [0.4, 0.5) is 0 Å². The third-order valence-electron chi connectivity index (χ3n) is 2.67. The maximum Gasteiger partial charge on any atom is 0.210 e. The van der Waals surface area contributed by atoms with Gasteiger partial charge in [-0.25, -0.2) is 0 Å². The number of nitrogens with two attached hydrogens (primary N) is 1. The number of aliphatic hydroxyl groups excluding tert-OH is 1. The van der Waals surface area contributed by atoms with Crippen LogP contribution in [-0.4, -0.2) is 34.9 Å². The zero-order chi connectivity index (χ0) is 13.9. The van der Waals surface area contributed by atoms with Gasteiger partial charge in [0.25, 0.3) is 0 Å². The number of benzene rings is 1. The third-order valence-corrected chi connectivity index (χ3v) is 4.95. The van der Waals surface area contributed by atoms with E-state index in [1.807, 2.05) is 11.7 Å². The van der Waals surface area contributed by atoms with Crippen LogP contribution in [0.25, 0.3) is 0 Å². The lowest BCUT2D eigenvalue weighted by molar-refractivity contribution is -0.00857. The van der Waals surface area contributed by atoms with Gasteiger partial charge in [-0.3, -0.25) is 9.79 Å². The maximum atomic E-state index is 12.3. The number of hydrogen-bond donors (Lipinski definition) is 2. The Hall–Kier alpha value is -1.63. The molecule has 5 nitrogen and oxygen atoms in total. The van der Waals surface area contributed by atoms with Gasteiger partial charge in [0.2, 0.25) is 11.4 Å². The van der Waals surface area contributed by atoms with Crippen molar-refractivity contribution < 1.29 is 14.6 Å². The number of rotatable bonds is 4. The summed E-state index contributed by atoms with van der Waals surface area (Å²) in [5.74, 6) is 0.477. The van der Waals surface area contributed by atoms with Crippen molar-refractivity contribution in [3.05, 3.63) is 41.4 Å². The molecular weight excluding hydrogens is 264 g/mol. The second-order valence-electron chi connectivity index (χ2n) is 4.21. The standard InChI is InChI=1S/C13H16N2O3S/c1-19(7-6-15-9-19)13(17)10-2-4-11(5-3-10)18-12(16)8-14/h2-7,9,12,16H,8,14H2,1H3. The maximum absolute atomic E-state index is 12.3. The monoisotopic (exact) mass is 280 g/mol. The van der Waals surface area contributed by atoms with Crippen LogP contribution in [0.5, 0.6) is 5.75 Å². The normalized spacial score (nSPS) is 25.8. The lowest BCUT2D eigenvalue weighted by atomic mass is 10.2. The summed E-state index contributed by atoms with van der Waals surface area (Å²) in [6.45, 7) is 0.0180. The van der Waals surface area contributed by atoms with E-state index in [-0.39, 0.29) is 11.7 Å². The van der Waals surface area contributed by atoms with Crippen LogP contribution in [-0.2, 0) is 0 Å². The van der Waals surface area contributed by atoms with Crippen molar-refractivity contribution in [3.8, 4) is 5.75 Å². The molecule has 102 valence electrons. The summed E-state index contributed by atoms with van der Waals surface area (Å²) >= 11 is 0. The summed E-state index contributed by atoms with van der Waals surface area (Å²) in [6.07, 6.45) is 2.52. The average molecular weight is 280 g/mol. The molecule has 0 radical (unpaired) electrons. The zero-order valence-corrected chi connectivity index (χ0v) is 11.3. The highest BCUT2D eigenvalue weighted by Gasteiger charge is 2.26. The van der Waals surface area contributed by atoms with E-state index in [9.17, 15) is 9.90 Å². The van der Waals surface area contributed by atoms with Gasteiger partial charge in [-0.2, -0.15) is 0 Å².